The molecule has 88 valence electrons. The molecule has 0 aliphatic carbocycles. The fourth-order valence-electron chi connectivity index (χ4n) is 2.04. The second-order valence-electron chi connectivity index (χ2n) is 4.06. The lowest BCUT2D eigenvalue weighted by Crippen LogP contribution is -2.39. The van der Waals surface area contributed by atoms with Crippen LogP contribution in [0.3, 0.4) is 0 Å². The van der Waals surface area contributed by atoms with Crippen LogP contribution in [0, 0.1) is 5.92 Å². The van der Waals surface area contributed by atoms with E-state index in [-0.39, 0.29) is 10.6 Å². The molecule has 0 amide bonds. The van der Waals surface area contributed by atoms with E-state index in [1.54, 1.807) is 0 Å². The highest BCUT2D eigenvalue weighted by atomic mass is 35.5. The van der Waals surface area contributed by atoms with Gasteiger partial charge in [-0.2, -0.15) is 0 Å². The van der Waals surface area contributed by atoms with E-state index < -0.39 is 0 Å². The largest absolute Gasteiger partial charge is 0.355 e. The first kappa shape index (κ1) is 11.4. The van der Waals surface area contributed by atoms with Crippen LogP contribution in [0.1, 0.15) is 12.8 Å². The molecule has 1 aliphatic heterocycles. The first-order valence-electron chi connectivity index (χ1n) is 5.40. The maximum Gasteiger partial charge on any atom is 0.271 e. The number of piperidine rings is 1. The fourth-order valence-corrected chi connectivity index (χ4v) is 2.27. The van der Waals surface area contributed by atoms with E-state index in [9.17, 15) is 4.79 Å². The number of aromatic amines is 1. The van der Waals surface area contributed by atoms with Crippen molar-refractivity contribution in [3.8, 4) is 0 Å². The molecule has 0 bridgehead atoms. The minimum atomic E-state index is -0.290. The van der Waals surface area contributed by atoms with Crippen LogP contribution in [0.4, 0.5) is 5.82 Å². The van der Waals surface area contributed by atoms with Gasteiger partial charge in [0.15, 0.2) is 5.82 Å². The SMILES string of the molecule is NCC1CCCN(c2nc[nH]c(=O)c2Cl)C1. The molecule has 6 heteroatoms. The molecule has 2 heterocycles. The number of nitrogens with one attached hydrogen (secondary N) is 1. The van der Waals surface area contributed by atoms with Gasteiger partial charge in [0.05, 0.1) is 6.33 Å². The van der Waals surface area contributed by atoms with Crippen LogP contribution in [-0.2, 0) is 0 Å². The second-order valence-corrected chi connectivity index (χ2v) is 4.44. The van der Waals surface area contributed by atoms with Crippen molar-refractivity contribution >= 4 is 17.4 Å². The van der Waals surface area contributed by atoms with E-state index in [2.05, 4.69) is 9.97 Å². The van der Waals surface area contributed by atoms with Gasteiger partial charge in [-0.1, -0.05) is 11.6 Å². The van der Waals surface area contributed by atoms with E-state index >= 15 is 0 Å². The predicted octanol–water partition coefficient (Wildman–Crippen LogP) is 0.598. The van der Waals surface area contributed by atoms with E-state index in [0.29, 0.717) is 18.3 Å². The Bertz CT molecular complexity index is 420. The zero-order valence-electron chi connectivity index (χ0n) is 8.95. The van der Waals surface area contributed by atoms with Crippen LogP contribution < -0.4 is 16.2 Å². The molecular formula is C10H15ClN4O. The lowest BCUT2D eigenvalue weighted by molar-refractivity contribution is 0.421. The van der Waals surface area contributed by atoms with Crippen molar-refractivity contribution in [2.24, 2.45) is 11.7 Å². The molecule has 5 nitrogen and oxygen atoms in total. The number of nitrogens with two attached hydrogens (primary N) is 1. The van der Waals surface area contributed by atoms with Crippen LogP contribution in [-0.4, -0.2) is 29.6 Å². The first-order chi connectivity index (χ1) is 7.72. The molecule has 0 radical (unpaired) electrons. The van der Waals surface area contributed by atoms with Crippen molar-refractivity contribution in [1.29, 1.82) is 0 Å². The van der Waals surface area contributed by atoms with Crippen molar-refractivity contribution < 1.29 is 0 Å². The molecule has 0 saturated carbocycles. The van der Waals surface area contributed by atoms with E-state index in [0.717, 1.165) is 25.9 Å². The first-order valence-corrected chi connectivity index (χ1v) is 5.78. The van der Waals surface area contributed by atoms with Gasteiger partial charge in [-0.3, -0.25) is 4.79 Å². The Hall–Kier alpha value is -1.07. The Morgan fingerprint density at radius 3 is 3.25 bits per heavy atom. The van der Waals surface area contributed by atoms with Crippen LogP contribution in [0.15, 0.2) is 11.1 Å². The van der Waals surface area contributed by atoms with Gasteiger partial charge in [0.2, 0.25) is 0 Å². The molecule has 1 saturated heterocycles. The lowest BCUT2D eigenvalue weighted by Gasteiger charge is -2.33. The summed E-state index contributed by atoms with van der Waals surface area (Å²) in [6.45, 7) is 2.37. The number of anilines is 1. The minimum Gasteiger partial charge on any atom is -0.355 e. The minimum absolute atomic E-state index is 0.167. The van der Waals surface area contributed by atoms with Crippen molar-refractivity contribution in [2.75, 3.05) is 24.5 Å². The fraction of sp³-hybridized carbons (Fsp3) is 0.600. The van der Waals surface area contributed by atoms with Gasteiger partial charge < -0.3 is 15.6 Å². The number of hydrogen-bond acceptors (Lipinski definition) is 4. The third-order valence-electron chi connectivity index (χ3n) is 2.93. The molecule has 1 aromatic heterocycles. The van der Waals surface area contributed by atoms with Crippen molar-refractivity contribution in [3.05, 3.63) is 21.7 Å². The summed E-state index contributed by atoms with van der Waals surface area (Å²) in [5.41, 5.74) is 5.37. The maximum atomic E-state index is 11.4. The Morgan fingerprint density at radius 1 is 1.69 bits per heavy atom. The summed E-state index contributed by atoms with van der Waals surface area (Å²) >= 11 is 5.94. The molecule has 1 aromatic rings. The number of aromatic nitrogens is 2. The van der Waals surface area contributed by atoms with Crippen molar-refractivity contribution in [3.63, 3.8) is 0 Å². The Balaban J connectivity index is 2.23. The number of rotatable bonds is 2. The maximum absolute atomic E-state index is 11.4. The molecule has 0 spiro atoms. The number of H-pyrrole nitrogens is 1. The smallest absolute Gasteiger partial charge is 0.271 e. The van der Waals surface area contributed by atoms with E-state index in [1.807, 2.05) is 4.90 Å². The summed E-state index contributed by atoms with van der Waals surface area (Å²) < 4.78 is 0. The van der Waals surface area contributed by atoms with Crippen LogP contribution in [0.25, 0.3) is 0 Å². The number of halogens is 1. The van der Waals surface area contributed by atoms with Gasteiger partial charge in [0, 0.05) is 13.1 Å². The number of hydrogen-bond donors (Lipinski definition) is 2. The summed E-state index contributed by atoms with van der Waals surface area (Å²) in [4.78, 5) is 20.0. The third-order valence-corrected chi connectivity index (χ3v) is 3.27. The summed E-state index contributed by atoms with van der Waals surface area (Å²) in [6.07, 6.45) is 3.58. The van der Waals surface area contributed by atoms with Gasteiger partial charge in [0.1, 0.15) is 5.02 Å². The second kappa shape index (κ2) is 4.84. The average molecular weight is 243 g/mol. The summed E-state index contributed by atoms with van der Waals surface area (Å²) in [5.74, 6) is 1.04. The lowest BCUT2D eigenvalue weighted by atomic mass is 9.98. The topological polar surface area (TPSA) is 75.0 Å². The molecule has 1 atom stereocenters. The van der Waals surface area contributed by atoms with Gasteiger partial charge in [-0.25, -0.2) is 4.98 Å². The molecule has 16 heavy (non-hydrogen) atoms. The van der Waals surface area contributed by atoms with Crippen molar-refractivity contribution in [2.45, 2.75) is 12.8 Å². The molecule has 2 rings (SSSR count). The molecule has 3 N–H and O–H groups in total. The van der Waals surface area contributed by atoms with Gasteiger partial charge in [-0.05, 0) is 25.3 Å². The zero-order valence-corrected chi connectivity index (χ0v) is 9.70. The van der Waals surface area contributed by atoms with Gasteiger partial charge >= 0.3 is 0 Å². The molecule has 1 unspecified atom stereocenters. The molecule has 1 fully saturated rings. The normalized spacial score (nSPS) is 21.1. The highest BCUT2D eigenvalue weighted by Gasteiger charge is 2.22. The van der Waals surface area contributed by atoms with Gasteiger partial charge in [0.25, 0.3) is 5.56 Å². The molecule has 0 aromatic carbocycles. The zero-order chi connectivity index (χ0) is 11.5. The summed E-state index contributed by atoms with van der Waals surface area (Å²) in [7, 11) is 0. The average Bonchev–Trinajstić information content (AvgIpc) is 2.33. The van der Waals surface area contributed by atoms with Crippen molar-refractivity contribution in [1.82, 2.24) is 9.97 Å². The third kappa shape index (κ3) is 2.20. The molecular weight excluding hydrogens is 228 g/mol. The standard InChI is InChI=1S/C10H15ClN4O/c11-8-9(13-6-14-10(8)16)15-3-1-2-7(4-12)5-15/h6-7H,1-5,12H2,(H,13,14,16). The highest BCUT2D eigenvalue weighted by Crippen LogP contribution is 2.24. The highest BCUT2D eigenvalue weighted by molar-refractivity contribution is 6.32. The Morgan fingerprint density at radius 2 is 2.50 bits per heavy atom. The molecule has 1 aliphatic rings. The van der Waals surface area contributed by atoms with Crippen LogP contribution >= 0.6 is 11.6 Å². The van der Waals surface area contributed by atoms with Gasteiger partial charge in [-0.15, -0.1) is 0 Å². The summed E-state index contributed by atoms with van der Waals surface area (Å²) in [6, 6.07) is 0. The monoisotopic (exact) mass is 242 g/mol. The van der Waals surface area contributed by atoms with E-state index in [1.165, 1.54) is 6.33 Å². The Labute approximate surface area is 98.6 Å². The van der Waals surface area contributed by atoms with Crippen LogP contribution in [0.2, 0.25) is 5.02 Å². The Kier molecular flexibility index (Phi) is 3.46. The predicted molar refractivity (Wildman–Crippen MR) is 63.9 cm³/mol. The van der Waals surface area contributed by atoms with Crippen LogP contribution in [0.5, 0.6) is 0 Å². The van der Waals surface area contributed by atoms with E-state index in [4.69, 9.17) is 17.3 Å². The quantitative estimate of drug-likeness (QED) is 0.797. The number of nitrogens with zero attached hydrogens (tertiary/aromatic N) is 2. The summed E-state index contributed by atoms with van der Waals surface area (Å²) in [5, 5.41) is 0.167.